The van der Waals surface area contributed by atoms with Crippen LogP contribution in [0.3, 0.4) is 0 Å². The van der Waals surface area contributed by atoms with Crippen molar-refractivity contribution in [3.63, 3.8) is 0 Å². The van der Waals surface area contributed by atoms with Crippen LogP contribution in [0.15, 0.2) is 0 Å². The molecule has 148 valence electrons. The third-order valence-electron chi connectivity index (χ3n) is 9.08. The number of rotatable bonds is 3. The molecule has 4 rings (SSSR count). The summed E-state index contributed by atoms with van der Waals surface area (Å²) in [5, 5.41) is 10.8. The van der Waals surface area contributed by atoms with E-state index in [1.807, 2.05) is 0 Å². The summed E-state index contributed by atoms with van der Waals surface area (Å²) in [5.41, 5.74) is -1.89. The van der Waals surface area contributed by atoms with Gasteiger partial charge in [0, 0.05) is 13.0 Å². The van der Waals surface area contributed by atoms with Gasteiger partial charge in [0.1, 0.15) is 11.5 Å². The van der Waals surface area contributed by atoms with Gasteiger partial charge in [0.25, 0.3) is 0 Å². The van der Waals surface area contributed by atoms with Gasteiger partial charge in [-0.05, 0) is 93.8 Å². The quantitative estimate of drug-likeness (QED) is 0.809. The minimum atomic E-state index is -1.13. The highest BCUT2D eigenvalue weighted by Crippen LogP contribution is 2.66. The molecule has 0 heterocycles. The van der Waals surface area contributed by atoms with E-state index in [9.17, 15) is 9.90 Å². The first kappa shape index (κ1) is 18.9. The monoisotopic (exact) mass is 366 g/mol. The van der Waals surface area contributed by atoms with Crippen molar-refractivity contribution in [3.8, 4) is 0 Å². The molecule has 1 N–H and O–H groups in total. The molecular weight excluding hydrogens is 331 g/mol. The predicted octanol–water partition coefficient (Wildman–Crippen LogP) is 4.31. The van der Waals surface area contributed by atoms with Crippen molar-refractivity contribution in [1.29, 1.82) is 0 Å². The maximum absolute atomic E-state index is 16.4. The molecule has 0 amide bonds. The van der Waals surface area contributed by atoms with Crippen molar-refractivity contribution >= 4 is 5.78 Å². The van der Waals surface area contributed by atoms with Crippen LogP contribution in [0.2, 0.25) is 0 Å². The van der Waals surface area contributed by atoms with Gasteiger partial charge in [0.15, 0.2) is 0 Å². The molecule has 0 aromatic carbocycles. The molecule has 0 spiro atoms. The lowest BCUT2D eigenvalue weighted by Gasteiger charge is -2.59. The second-order valence-corrected chi connectivity index (χ2v) is 10.2. The first-order valence-electron chi connectivity index (χ1n) is 10.6. The van der Waals surface area contributed by atoms with Crippen molar-refractivity contribution in [2.24, 2.45) is 35.0 Å². The van der Waals surface area contributed by atoms with Crippen LogP contribution in [0, 0.1) is 35.0 Å². The van der Waals surface area contributed by atoms with Crippen molar-refractivity contribution in [3.05, 3.63) is 0 Å². The van der Waals surface area contributed by atoms with Crippen LogP contribution in [0.5, 0.6) is 0 Å². The highest BCUT2D eigenvalue weighted by Gasteiger charge is 2.63. The van der Waals surface area contributed by atoms with E-state index in [0.29, 0.717) is 43.5 Å². The molecule has 0 aliphatic heterocycles. The molecule has 0 bridgehead atoms. The molecule has 2 unspecified atom stereocenters. The molecule has 4 heteroatoms. The Hall–Kier alpha value is -0.480. The predicted molar refractivity (Wildman–Crippen MR) is 98.5 cm³/mol. The zero-order chi connectivity index (χ0) is 18.7. The Morgan fingerprint density at radius 2 is 1.88 bits per heavy atom. The average Bonchev–Trinajstić information content (AvgIpc) is 2.93. The molecule has 0 aromatic heterocycles. The fraction of sp³-hybridized carbons (Fsp3) is 0.955. The van der Waals surface area contributed by atoms with Gasteiger partial charge in [-0.3, -0.25) is 4.79 Å². The summed E-state index contributed by atoms with van der Waals surface area (Å²) in [6.45, 7) is 4.37. The number of alkyl halides is 1. The Kier molecular flexibility index (Phi) is 4.55. The molecule has 8 atom stereocenters. The van der Waals surface area contributed by atoms with E-state index in [4.69, 9.17) is 4.74 Å². The summed E-state index contributed by atoms with van der Waals surface area (Å²) in [7, 11) is 1.61. The van der Waals surface area contributed by atoms with Crippen molar-refractivity contribution < 1.29 is 19.0 Å². The summed E-state index contributed by atoms with van der Waals surface area (Å²) in [6.07, 6.45) is 7.45. The zero-order valence-electron chi connectivity index (χ0n) is 16.6. The number of fused-ring (bicyclic) bond motifs is 5. The number of aliphatic hydroxyl groups is 1. The highest BCUT2D eigenvalue weighted by molar-refractivity contribution is 5.79. The third kappa shape index (κ3) is 2.62. The lowest BCUT2D eigenvalue weighted by molar-refractivity contribution is -0.178. The second-order valence-electron chi connectivity index (χ2n) is 10.2. The van der Waals surface area contributed by atoms with Gasteiger partial charge >= 0.3 is 0 Å². The van der Waals surface area contributed by atoms with E-state index in [1.165, 1.54) is 0 Å². The number of ether oxygens (including phenoxy) is 1. The van der Waals surface area contributed by atoms with Crippen LogP contribution in [0.25, 0.3) is 0 Å². The van der Waals surface area contributed by atoms with Crippen molar-refractivity contribution in [2.45, 2.75) is 82.9 Å². The van der Waals surface area contributed by atoms with Gasteiger partial charge in [0.05, 0.1) is 12.2 Å². The molecule has 0 radical (unpaired) electrons. The maximum atomic E-state index is 16.4. The molecule has 4 aliphatic rings. The lowest BCUT2D eigenvalue weighted by Crippen LogP contribution is -2.59. The molecule has 26 heavy (non-hydrogen) atoms. The number of carbonyl (C=O) groups excluding carboxylic acids is 1. The number of ketones is 1. The SMILES string of the molecule is COC[C@@]1(O)CC[C@]2(F)C3CC[C@@]4(C)C(CC[C@@H]4C(C)=O)[C@@H]3CC[C@@H]2C1. The number of hydrogen-bond donors (Lipinski definition) is 1. The summed E-state index contributed by atoms with van der Waals surface area (Å²) in [4.78, 5) is 12.2. The van der Waals surface area contributed by atoms with Gasteiger partial charge in [-0.15, -0.1) is 0 Å². The topological polar surface area (TPSA) is 46.5 Å². The second kappa shape index (κ2) is 6.27. The standard InChI is InChI=1S/C22H35FO3/c1-14(24)17-6-7-18-16-5-4-15-12-21(25,13-26-3)10-11-22(15,23)19(16)8-9-20(17,18)2/h15-19,25H,4-13H2,1-3H3/t15-,16+,17-,18?,19?,20-,21-,22-/m1/s1. The van der Waals surface area contributed by atoms with Gasteiger partial charge < -0.3 is 9.84 Å². The molecular formula is C22H35FO3. The molecule has 4 aliphatic carbocycles. The van der Waals surface area contributed by atoms with Crippen molar-refractivity contribution in [1.82, 2.24) is 0 Å². The Balaban J connectivity index is 1.56. The molecule has 0 saturated heterocycles. The number of carbonyl (C=O) groups is 1. The van der Waals surface area contributed by atoms with Crippen LogP contribution < -0.4 is 0 Å². The fourth-order valence-electron chi connectivity index (χ4n) is 7.94. The Labute approximate surface area is 157 Å². The van der Waals surface area contributed by atoms with E-state index < -0.39 is 11.3 Å². The van der Waals surface area contributed by atoms with E-state index in [2.05, 4.69) is 6.92 Å². The Morgan fingerprint density at radius 1 is 1.12 bits per heavy atom. The van der Waals surface area contributed by atoms with E-state index in [1.54, 1.807) is 14.0 Å². The van der Waals surface area contributed by atoms with Crippen LogP contribution in [-0.2, 0) is 9.53 Å². The van der Waals surface area contributed by atoms with Crippen LogP contribution >= 0.6 is 0 Å². The molecule has 0 aromatic rings. The van der Waals surface area contributed by atoms with Gasteiger partial charge in [-0.2, -0.15) is 0 Å². The van der Waals surface area contributed by atoms with Crippen molar-refractivity contribution in [2.75, 3.05) is 13.7 Å². The van der Waals surface area contributed by atoms with Crippen LogP contribution in [0.1, 0.15) is 71.6 Å². The molecule has 3 nitrogen and oxygen atoms in total. The Morgan fingerprint density at radius 3 is 2.58 bits per heavy atom. The zero-order valence-corrected chi connectivity index (χ0v) is 16.6. The minimum absolute atomic E-state index is 0.0352. The van der Waals surface area contributed by atoms with Crippen LogP contribution in [0.4, 0.5) is 4.39 Å². The summed E-state index contributed by atoms with van der Waals surface area (Å²) >= 11 is 0. The van der Waals surface area contributed by atoms with Gasteiger partial charge in [-0.1, -0.05) is 6.92 Å². The van der Waals surface area contributed by atoms with E-state index >= 15 is 4.39 Å². The van der Waals surface area contributed by atoms with Crippen LogP contribution in [-0.4, -0.2) is 35.9 Å². The fourth-order valence-corrected chi connectivity index (χ4v) is 7.94. The van der Waals surface area contributed by atoms with Gasteiger partial charge in [-0.25, -0.2) is 4.39 Å². The molecule has 4 saturated carbocycles. The number of Topliss-reactive ketones (excluding diaryl/α,β-unsaturated/α-hetero) is 1. The number of hydrogen-bond acceptors (Lipinski definition) is 3. The summed E-state index contributed by atoms with van der Waals surface area (Å²) in [6, 6.07) is 0. The first-order valence-corrected chi connectivity index (χ1v) is 10.6. The Bertz CT molecular complexity index is 580. The number of halogens is 1. The third-order valence-corrected chi connectivity index (χ3v) is 9.08. The largest absolute Gasteiger partial charge is 0.387 e. The average molecular weight is 367 g/mol. The first-order chi connectivity index (χ1) is 12.2. The molecule has 4 fully saturated rings. The summed E-state index contributed by atoms with van der Waals surface area (Å²) < 4.78 is 21.6. The van der Waals surface area contributed by atoms with E-state index in [-0.39, 0.29) is 23.2 Å². The normalized spacial score (nSPS) is 53.5. The van der Waals surface area contributed by atoms with E-state index in [0.717, 1.165) is 38.5 Å². The highest BCUT2D eigenvalue weighted by atomic mass is 19.1. The smallest absolute Gasteiger partial charge is 0.133 e. The van der Waals surface area contributed by atoms with Gasteiger partial charge in [0.2, 0.25) is 0 Å². The minimum Gasteiger partial charge on any atom is -0.387 e. The summed E-state index contributed by atoms with van der Waals surface area (Å²) in [5.74, 6) is 1.53. The number of methoxy groups -OCH3 is 1. The maximum Gasteiger partial charge on any atom is 0.133 e. The lowest BCUT2D eigenvalue weighted by atomic mass is 9.47.